The van der Waals surface area contributed by atoms with Crippen molar-refractivity contribution in [2.45, 2.75) is 20.3 Å². The van der Waals surface area contributed by atoms with Gasteiger partial charge in [0.1, 0.15) is 0 Å². The Kier molecular flexibility index (Phi) is 5.69. The third-order valence-corrected chi connectivity index (χ3v) is 3.59. The van der Waals surface area contributed by atoms with Gasteiger partial charge >= 0.3 is 0 Å². The molecular formula is C19H19N3O2. The van der Waals surface area contributed by atoms with Crippen LogP contribution in [-0.4, -0.2) is 18.4 Å². The van der Waals surface area contributed by atoms with Crippen LogP contribution in [0.1, 0.15) is 24.5 Å². The first-order valence-corrected chi connectivity index (χ1v) is 7.64. The van der Waals surface area contributed by atoms with E-state index in [2.05, 4.69) is 5.32 Å². The maximum absolute atomic E-state index is 12.1. The zero-order chi connectivity index (χ0) is 17.5. The molecule has 2 aromatic carbocycles. The Morgan fingerprint density at radius 3 is 2.25 bits per heavy atom. The molecule has 0 aliphatic carbocycles. The molecule has 2 rings (SSSR count). The zero-order valence-electron chi connectivity index (χ0n) is 13.7. The number of rotatable bonds is 5. The summed E-state index contributed by atoms with van der Waals surface area (Å²) < 4.78 is 0. The average molecular weight is 321 g/mol. The fourth-order valence-corrected chi connectivity index (χ4v) is 2.26. The molecule has 0 aromatic heterocycles. The van der Waals surface area contributed by atoms with Crippen LogP contribution in [0.2, 0.25) is 0 Å². The quantitative estimate of drug-likeness (QED) is 0.918. The third kappa shape index (κ3) is 4.68. The van der Waals surface area contributed by atoms with Crippen molar-refractivity contribution in [3.05, 3.63) is 59.7 Å². The molecule has 0 unspecified atom stereocenters. The molecule has 1 N–H and O–H groups in total. The van der Waals surface area contributed by atoms with Gasteiger partial charge in [0.2, 0.25) is 11.8 Å². The predicted octanol–water partition coefficient (Wildman–Crippen LogP) is 3.25. The number of nitrogens with zero attached hydrogens (tertiary/aromatic N) is 2. The van der Waals surface area contributed by atoms with Crippen LogP contribution in [0, 0.1) is 18.3 Å². The number of anilines is 2. The van der Waals surface area contributed by atoms with E-state index < -0.39 is 0 Å². The molecule has 5 nitrogen and oxygen atoms in total. The van der Waals surface area contributed by atoms with Crippen LogP contribution >= 0.6 is 0 Å². The molecule has 0 bridgehead atoms. The molecular weight excluding hydrogens is 302 g/mol. The van der Waals surface area contributed by atoms with Gasteiger partial charge in [0.05, 0.1) is 11.6 Å². The summed E-state index contributed by atoms with van der Waals surface area (Å²) in [5, 5.41) is 11.6. The summed E-state index contributed by atoms with van der Waals surface area (Å²) in [6.45, 7) is 3.71. The summed E-state index contributed by atoms with van der Waals surface area (Å²) in [7, 11) is 0. The molecule has 122 valence electrons. The van der Waals surface area contributed by atoms with Crippen molar-refractivity contribution in [2.75, 3.05) is 16.8 Å². The maximum Gasteiger partial charge on any atom is 0.226 e. The number of hydrogen-bond donors (Lipinski definition) is 1. The highest BCUT2D eigenvalue weighted by Gasteiger charge is 2.13. The molecule has 0 saturated heterocycles. The Morgan fingerprint density at radius 1 is 1.08 bits per heavy atom. The second-order valence-electron chi connectivity index (χ2n) is 5.49. The van der Waals surface area contributed by atoms with Gasteiger partial charge in [0.25, 0.3) is 0 Å². The summed E-state index contributed by atoms with van der Waals surface area (Å²) in [6.07, 6.45) is 0.188. The van der Waals surface area contributed by atoms with Crippen molar-refractivity contribution in [1.29, 1.82) is 5.26 Å². The number of nitrogens with one attached hydrogen (secondary N) is 1. The smallest absolute Gasteiger partial charge is 0.226 e. The summed E-state index contributed by atoms with van der Waals surface area (Å²) in [4.78, 5) is 25.4. The SMILES string of the molecule is CC(=O)N(CCC(=O)Nc1ccc(C)cc1)c1ccc(C#N)cc1. The van der Waals surface area contributed by atoms with E-state index in [-0.39, 0.29) is 24.8 Å². The lowest BCUT2D eigenvalue weighted by Gasteiger charge is -2.21. The molecule has 0 heterocycles. The number of carbonyl (C=O) groups excluding carboxylic acids is 2. The summed E-state index contributed by atoms with van der Waals surface area (Å²) in [5.41, 5.74) is 3.05. The van der Waals surface area contributed by atoms with Gasteiger partial charge in [-0.25, -0.2) is 0 Å². The van der Waals surface area contributed by atoms with Crippen LogP contribution in [0.15, 0.2) is 48.5 Å². The average Bonchev–Trinajstić information content (AvgIpc) is 2.57. The largest absolute Gasteiger partial charge is 0.326 e. The van der Waals surface area contributed by atoms with Crippen molar-refractivity contribution < 1.29 is 9.59 Å². The van der Waals surface area contributed by atoms with E-state index in [9.17, 15) is 9.59 Å². The molecule has 0 spiro atoms. The molecule has 24 heavy (non-hydrogen) atoms. The van der Waals surface area contributed by atoms with Gasteiger partial charge in [-0.2, -0.15) is 5.26 Å². The van der Waals surface area contributed by atoms with E-state index >= 15 is 0 Å². The first-order chi connectivity index (χ1) is 11.5. The fraction of sp³-hybridized carbons (Fsp3) is 0.211. The Bertz CT molecular complexity index is 759. The zero-order valence-corrected chi connectivity index (χ0v) is 13.7. The van der Waals surface area contributed by atoms with Crippen molar-refractivity contribution in [3.63, 3.8) is 0 Å². The van der Waals surface area contributed by atoms with Gasteiger partial charge in [0.15, 0.2) is 0 Å². The lowest BCUT2D eigenvalue weighted by atomic mass is 10.2. The number of hydrogen-bond acceptors (Lipinski definition) is 3. The van der Waals surface area contributed by atoms with Crippen molar-refractivity contribution in [1.82, 2.24) is 0 Å². The predicted molar refractivity (Wildman–Crippen MR) is 93.6 cm³/mol. The summed E-state index contributed by atoms with van der Waals surface area (Å²) in [6, 6.07) is 16.3. The first kappa shape index (κ1) is 17.2. The van der Waals surface area contributed by atoms with Gasteiger partial charge in [-0.3, -0.25) is 9.59 Å². The van der Waals surface area contributed by atoms with Crippen molar-refractivity contribution in [3.8, 4) is 6.07 Å². The number of amides is 2. The summed E-state index contributed by atoms with van der Waals surface area (Å²) in [5.74, 6) is -0.304. The lowest BCUT2D eigenvalue weighted by Crippen LogP contribution is -2.31. The number of carbonyl (C=O) groups is 2. The van der Waals surface area contributed by atoms with Gasteiger partial charge in [0, 0.05) is 31.3 Å². The van der Waals surface area contributed by atoms with Gasteiger partial charge in [-0.15, -0.1) is 0 Å². The highest BCUT2D eigenvalue weighted by Crippen LogP contribution is 2.16. The normalized spacial score (nSPS) is 9.88. The van der Waals surface area contributed by atoms with Crippen molar-refractivity contribution in [2.24, 2.45) is 0 Å². The molecule has 2 amide bonds. The minimum atomic E-state index is -0.154. The molecule has 0 saturated carbocycles. The first-order valence-electron chi connectivity index (χ1n) is 7.64. The Balaban J connectivity index is 1.98. The minimum absolute atomic E-state index is 0.150. The van der Waals surface area contributed by atoms with Crippen LogP contribution in [0.4, 0.5) is 11.4 Å². The number of benzene rings is 2. The van der Waals surface area contributed by atoms with Gasteiger partial charge < -0.3 is 10.2 Å². The standard InChI is InChI=1S/C19H19N3O2/c1-14-3-7-17(8-4-14)21-19(24)11-12-22(15(2)23)18-9-5-16(13-20)6-10-18/h3-10H,11-12H2,1-2H3,(H,21,24). The lowest BCUT2D eigenvalue weighted by molar-refractivity contribution is -0.117. The van der Waals surface area contributed by atoms with Crippen LogP contribution in [-0.2, 0) is 9.59 Å². The maximum atomic E-state index is 12.1. The highest BCUT2D eigenvalue weighted by molar-refractivity contribution is 5.94. The highest BCUT2D eigenvalue weighted by atomic mass is 16.2. The Hall–Kier alpha value is -3.13. The molecule has 0 aliphatic heterocycles. The number of nitriles is 1. The Morgan fingerprint density at radius 2 is 1.71 bits per heavy atom. The van der Waals surface area contributed by atoms with E-state index in [1.165, 1.54) is 11.8 Å². The van der Waals surface area contributed by atoms with Gasteiger partial charge in [-0.05, 0) is 43.3 Å². The van der Waals surface area contributed by atoms with Crippen LogP contribution in [0.3, 0.4) is 0 Å². The number of aryl methyl sites for hydroxylation is 1. The molecule has 5 heteroatoms. The second kappa shape index (κ2) is 7.93. The van der Waals surface area contributed by atoms with Crippen LogP contribution in [0.5, 0.6) is 0 Å². The van der Waals surface area contributed by atoms with Crippen LogP contribution < -0.4 is 10.2 Å². The van der Waals surface area contributed by atoms with E-state index in [0.29, 0.717) is 11.3 Å². The van der Waals surface area contributed by atoms with E-state index in [1.54, 1.807) is 24.3 Å². The van der Waals surface area contributed by atoms with Crippen LogP contribution in [0.25, 0.3) is 0 Å². The van der Waals surface area contributed by atoms with E-state index in [0.717, 1.165) is 11.3 Å². The topological polar surface area (TPSA) is 73.2 Å². The molecule has 0 aliphatic rings. The second-order valence-corrected chi connectivity index (χ2v) is 5.49. The monoisotopic (exact) mass is 321 g/mol. The van der Waals surface area contributed by atoms with E-state index in [4.69, 9.17) is 5.26 Å². The van der Waals surface area contributed by atoms with Crippen molar-refractivity contribution >= 4 is 23.2 Å². The summed E-state index contributed by atoms with van der Waals surface area (Å²) >= 11 is 0. The Labute approximate surface area is 141 Å². The van der Waals surface area contributed by atoms with E-state index in [1.807, 2.05) is 37.3 Å². The molecule has 2 aromatic rings. The molecule has 0 fully saturated rings. The third-order valence-electron chi connectivity index (χ3n) is 3.59. The molecule has 0 radical (unpaired) electrons. The minimum Gasteiger partial charge on any atom is -0.326 e. The fourth-order valence-electron chi connectivity index (χ4n) is 2.26. The molecule has 0 atom stereocenters. The van der Waals surface area contributed by atoms with Gasteiger partial charge in [-0.1, -0.05) is 17.7 Å².